The fourth-order valence-electron chi connectivity index (χ4n) is 1.96. The molecule has 0 aromatic heterocycles. The van der Waals surface area contributed by atoms with Gasteiger partial charge in [-0.2, -0.15) is 0 Å². The lowest BCUT2D eigenvalue weighted by Gasteiger charge is -2.34. The van der Waals surface area contributed by atoms with Gasteiger partial charge in [-0.05, 0) is 53.9 Å². The Hall–Kier alpha value is -0.940. The van der Waals surface area contributed by atoms with Crippen LogP contribution in [-0.4, -0.2) is 24.7 Å². The Bertz CT molecular complexity index is 458. The van der Waals surface area contributed by atoms with Gasteiger partial charge in [-0.1, -0.05) is 0 Å². The lowest BCUT2D eigenvalue weighted by molar-refractivity contribution is 0.0422. The summed E-state index contributed by atoms with van der Waals surface area (Å²) in [4.78, 5) is 12.1. The molecule has 2 rings (SSSR count). The van der Waals surface area contributed by atoms with Gasteiger partial charge in [0, 0.05) is 23.2 Å². The van der Waals surface area contributed by atoms with Crippen LogP contribution in [0.5, 0.6) is 0 Å². The predicted octanol–water partition coefficient (Wildman–Crippen LogP) is 2.89. The highest BCUT2D eigenvalue weighted by atomic mass is 79.9. The third-order valence-electron chi connectivity index (χ3n) is 3.18. The van der Waals surface area contributed by atoms with E-state index in [1.54, 1.807) is 0 Å². The highest BCUT2D eigenvalue weighted by Crippen LogP contribution is 2.23. The summed E-state index contributed by atoms with van der Waals surface area (Å²) in [5.41, 5.74) is 0.0453. The Morgan fingerprint density at radius 2 is 2.11 bits per heavy atom. The first-order valence-electron chi connectivity index (χ1n) is 5.85. The van der Waals surface area contributed by atoms with E-state index in [1.807, 2.05) is 6.92 Å². The normalized spacial score (nSPS) is 18.4. The Balaban J connectivity index is 2.14. The van der Waals surface area contributed by atoms with E-state index < -0.39 is 5.82 Å². The Morgan fingerprint density at radius 3 is 2.78 bits per heavy atom. The fourth-order valence-corrected chi connectivity index (χ4v) is 2.39. The average Bonchev–Trinajstić information content (AvgIpc) is 2.32. The van der Waals surface area contributed by atoms with Crippen LogP contribution >= 0.6 is 15.9 Å². The maximum atomic E-state index is 13.2. The topological polar surface area (TPSA) is 38.3 Å². The summed E-state index contributed by atoms with van der Waals surface area (Å²) in [6.45, 7) is 3.27. The predicted molar refractivity (Wildman–Crippen MR) is 70.0 cm³/mol. The number of carbonyl (C=O) groups is 1. The lowest BCUT2D eigenvalue weighted by Crippen LogP contribution is -2.49. The second kappa shape index (κ2) is 5.36. The van der Waals surface area contributed by atoms with Crippen molar-refractivity contribution in [2.75, 3.05) is 13.2 Å². The van der Waals surface area contributed by atoms with E-state index in [1.165, 1.54) is 18.2 Å². The second-order valence-electron chi connectivity index (χ2n) is 4.75. The van der Waals surface area contributed by atoms with Crippen LogP contribution in [0.15, 0.2) is 22.7 Å². The number of amides is 1. The SMILES string of the molecule is CC1(NC(=O)c2cc(F)ccc2Br)CCOCC1. The molecule has 1 saturated heterocycles. The van der Waals surface area contributed by atoms with Gasteiger partial charge >= 0.3 is 0 Å². The minimum atomic E-state index is -0.416. The molecular weight excluding hydrogens is 301 g/mol. The molecule has 0 unspecified atom stereocenters. The van der Waals surface area contributed by atoms with Crippen molar-refractivity contribution in [3.8, 4) is 0 Å². The lowest BCUT2D eigenvalue weighted by atomic mass is 9.92. The quantitative estimate of drug-likeness (QED) is 0.911. The van der Waals surface area contributed by atoms with E-state index in [9.17, 15) is 9.18 Å². The van der Waals surface area contributed by atoms with Crippen molar-refractivity contribution in [1.29, 1.82) is 0 Å². The molecule has 0 atom stereocenters. The largest absolute Gasteiger partial charge is 0.381 e. The summed E-state index contributed by atoms with van der Waals surface area (Å²) < 4.78 is 19.0. The van der Waals surface area contributed by atoms with Crippen LogP contribution in [0.2, 0.25) is 0 Å². The molecule has 1 fully saturated rings. The molecular formula is C13H15BrFNO2. The molecule has 1 aliphatic heterocycles. The van der Waals surface area contributed by atoms with Crippen molar-refractivity contribution >= 4 is 21.8 Å². The van der Waals surface area contributed by atoms with E-state index >= 15 is 0 Å². The fraction of sp³-hybridized carbons (Fsp3) is 0.462. The maximum absolute atomic E-state index is 13.2. The molecule has 98 valence electrons. The van der Waals surface area contributed by atoms with E-state index in [2.05, 4.69) is 21.2 Å². The van der Waals surface area contributed by atoms with E-state index in [4.69, 9.17) is 4.74 Å². The molecule has 0 spiro atoms. The van der Waals surface area contributed by atoms with Gasteiger partial charge in [-0.15, -0.1) is 0 Å². The number of ether oxygens (including phenoxy) is 1. The zero-order chi connectivity index (χ0) is 13.2. The first-order chi connectivity index (χ1) is 8.50. The molecule has 18 heavy (non-hydrogen) atoms. The van der Waals surface area contributed by atoms with E-state index in [0.29, 0.717) is 23.2 Å². The molecule has 1 aromatic carbocycles. The van der Waals surface area contributed by atoms with Gasteiger partial charge in [0.2, 0.25) is 0 Å². The number of hydrogen-bond acceptors (Lipinski definition) is 2. The minimum Gasteiger partial charge on any atom is -0.381 e. The number of rotatable bonds is 2. The number of benzene rings is 1. The van der Waals surface area contributed by atoms with Crippen LogP contribution < -0.4 is 5.32 Å². The van der Waals surface area contributed by atoms with Crippen molar-refractivity contribution in [3.63, 3.8) is 0 Å². The monoisotopic (exact) mass is 315 g/mol. The number of hydrogen-bond donors (Lipinski definition) is 1. The van der Waals surface area contributed by atoms with Crippen molar-refractivity contribution in [2.24, 2.45) is 0 Å². The standard InChI is InChI=1S/C13H15BrFNO2/c1-13(4-6-18-7-5-13)16-12(17)10-8-9(15)2-3-11(10)14/h2-3,8H,4-7H2,1H3,(H,16,17). The molecule has 0 radical (unpaired) electrons. The summed E-state index contributed by atoms with van der Waals surface area (Å²) in [6.07, 6.45) is 1.54. The summed E-state index contributed by atoms with van der Waals surface area (Å²) in [5, 5.41) is 2.96. The Kier molecular flexibility index (Phi) is 4.02. The third kappa shape index (κ3) is 3.09. The highest BCUT2D eigenvalue weighted by Gasteiger charge is 2.29. The molecule has 1 N–H and O–H groups in total. The summed E-state index contributed by atoms with van der Waals surface area (Å²) in [6, 6.07) is 4.09. The Labute approximate surface area is 114 Å². The number of nitrogens with one attached hydrogen (secondary N) is 1. The first kappa shape index (κ1) is 13.5. The van der Waals surface area contributed by atoms with E-state index in [0.717, 1.165) is 12.8 Å². The van der Waals surface area contributed by atoms with Crippen LogP contribution in [0.4, 0.5) is 4.39 Å². The average molecular weight is 316 g/mol. The van der Waals surface area contributed by atoms with Crippen LogP contribution in [0.25, 0.3) is 0 Å². The van der Waals surface area contributed by atoms with Crippen molar-refractivity contribution in [3.05, 3.63) is 34.1 Å². The number of carbonyl (C=O) groups excluding carboxylic acids is 1. The van der Waals surface area contributed by atoms with Crippen molar-refractivity contribution in [2.45, 2.75) is 25.3 Å². The second-order valence-corrected chi connectivity index (χ2v) is 5.61. The molecule has 3 nitrogen and oxygen atoms in total. The summed E-state index contributed by atoms with van der Waals surface area (Å²) >= 11 is 3.26. The molecule has 5 heteroatoms. The van der Waals surface area contributed by atoms with Gasteiger partial charge in [0.15, 0.2) is 0 Å². The van der Waals surface area contributed by atoms with Crippen molar-refractivity contribution < 1.29 is 13.9 Å². The van der Waals surface area contributed by atoms with Gasteiger partial charge in [-0.25, -0.2) is 4.39 Å². The smallest absolute Gasteiger partial charge is 0.252 e. The first-order valence-corrected chi connectivity index (χ1v) is 6.65. The molecule has 0 aliphatic carbocycles. The zero-order valence-electron chi connectivity index (χ0n) is 10.1. The van der Waals surface area contributed by atoms with Gasteiger partial charge < -0.3 is 10.1 Å². The van der Waals surface area contributed by atoms with Gasteiger partial charge in [-0.3, -0.25) is 4.79 Å². The summed E-state index contributed by atoms with van der Waals surface area (Å²) in [7, 11) is 0. The summed E-state index contributed by atoms with van der Waals surface area (Å²) in [5.74, 6) is -0.675. The molecule has 0 bridgehead atoms. The highest BCUT2D eigenvalue weighted by molar-refractivity contribution is 9.10. The molecule has 1 aliphatic rings. The van der Waals surface area contributed by atoms with Crippen molar-refractivity contribution in [1.82, 2.24) is 5.32 Å². The third-order valence-corrected chi connectivity index (χ3v) is 3.88. The maximum Gasteiger partial charge on any atom is 0.252 e. The molecule has 1 aromatic rings. The van der Waals surface area contributed by atoms with Crippen LogP contribution in [0.1, 0.15) is 30.1 Å². The van der Waals surface area contributed by atoms with Gasteiger partial charge in [0.05, 0.1) is 5.56 Å². The van der Waals surface area contributed by atoms with Crippen LogP contribution in [0.3, 0.4) is 0 Å². The molecule has 1 heterocycles. The van der Waals surface area contributed by atoms with Crippen LogP contribution in [0, 0.1) is 5.82 Å². The minimum absolute atomic E-state index is 0.259. The van der Waals surface area contributed by atoms with Gasteiger partial charge in [0.25, 0.3) is 5.91 Å². The van der Waals surface area contributed by atoms with E-state index in [-0.39, 0.29) is 11.4 Å². The van der Waals surface area contributed by atoms with Gasteiger partial charge in [0.1, 0.15) is 5.82 Å². The van der Waals surface area contributed by atoms with Crippen LogP contribution in [-0.2, 0) is 4.74 Å². The molecule has 0 saturated carbocycles. The molecule has 1 amide bonds. The Morgan fingerprint density at radius 1 is 1.44 bits per heavy atom. The number of halogens is 2. The zero-order valence-corrected chi connectivity index (χ0v) is 11.7.